The highest BCUT2D eigenvalue weighted by atomic mass is 35.5. The third kappa shape index (κ3) is 4.12. The number of carboxylic acid groups (broad SMARTS) is 1. The number of hydrogen-bond donors (Lipinski definition) is 1. The second-order valence-corrected chi connectivity index (χ2v) is 10.2. The largest absolute Gasteiger partial charge is 0.478 e. The molecule has 6 rings (SSSR count). The van der Waals surface area contributed by atoms with E-state index < -0.39 is 17.7 Å². The molecule has 192 valence electrons. The number of rotatable bonds is 6. The van der Waals surface area contributed by atoms with Gasteiger partial charge in [-0.3, -0.25) is 14.6 Å². The Morgan fingerprint density at radius 2 is 1.76 bits per heavy atom. The van der Waals surface area contributed by atoms with Crippen molar-refractivity contribution in [2.24, 2.45) is 0 Å². The summed E-state index contributed by atoms with van der Waals surface area (Å²) in [6.07, 6.45) is 5.30. The normalized spacial score (nSPS) is 15.0. The maximum Gasteiger partial charge on any atom is 0.335 e. The van der Waals surface area contributed by atoms with E-state index in [0.717, 1.165) is 36.4 Å². The predicted molar refractivity (Wildman–Crippen MR) is 138 cm³/mol. The highest BCUT2D eigenvalue weighted by Crippen LogP contribution is 2.39. The van der Waals surface area contributed by atoms with E-state index in [4.69, 9.17) is 11.6 Å². The van der Waals surface area contributed by atoms with Crippen molar-refractivity contribution in [1.82, 2.24) is 19.7 Å². The molecular formula is C28H22ClFN4O4. The number of benzene rings is 2. The van der Waals surface area contributed by atoms with Crippen LogP contribution in [-0.4, -0.2) is 54.6 Å². The fourth-order valence-corrected chi connectivity index (χ4v) is 5.09. The minimum atomic E-state index is -1.27. The molecule has 0 aliphatic heterocycles. The van der Waals surface area contributed by atoms with Crippen LogP contribution in [0.2, 0.25) is 5.02 Å². The third-order valence-corrected chi connectivity index (χ3v) is 7.30. The van der Waals surface area contributed by atoms with E-state index in [1.54, 1.807) is 31.2 Å². The highest BCUT2D eigenvalue weighted by molar-refractivity contribution is 6.34. The van der Waals surface area contributed by atoms with Crippen LogP contribution in [0.1, 0.15) is 62.3 Å². The summed E-state index contributed by atoms with van der Waals surface area (Å²) in [4.78, 5) is 44.9. The van der Waals surface area contributed by atoms with Gasteiger partial charge >= 0.3 is 5.97 Å². The van der Waals surface area contributed by atoms with Crippen molar-refractivity contribution in [2.45, 2.75) is 44.7 Å². The molecule has 0 spiro atoms. The lowest BCUT2D eigenvalue weighted by atomic mass is 10.1. The van der Waals surface area contributed by atoms with Gasteiger partial charge in [-0.2, -0.15) is 9.78 Å². The number of halogens is 2. The van der Waals surface area contributed by atoms with E-state index in [2.05, 4.69) is 10.1 Å². The van der Waals surface area contributed by atoms with Crippen molar-refractivity contribution in [3.63, 3.8) is 0 Å². The standard InChI is InChI=1S/C28H22ClFN4O4/c1-14-3-2-4-20(29)23(14)27(36)34-22-12-16(26(35)33(17-6-7-17)18-8-9-18)13-31-25(22)24(32-34)19-10-5-15(28(37)38)11-21(19)30/h2-5,10-13,17-18H,6-9H2,1H3,(H,37,38). The fraction of sp³-hybridized carbons (Fsp3) is 0.250. The van der Waals surface area contributed by atoms with E-state index >= 15 is 4.39 Å². The number of carbonyl (C=O) groups is 3. The lowest BCUT2D eigenvalue weighted by molar-refractivity contribution is 0.0693. The van der Waals surface area contributed by atoms with Gasteiger partial charge in [-0.25, -0.2) is 9.18 Å². The molecule has 1 N–H and O–H groups in total. The van der Waals surface area contributed by atoms with Crippen molar-refractivity contribution >= 4 is 40.4 Å². The molecular weight excluding hydrogens is 511 g/mol. The van der Waals surface area contributed by atoms with E-state index in [1.165, 1.54) is 18.3 Å². The van der Waals surface area contributed by atoms with Gasteiger partial charge in [0.25, 0.3) is 11.8 Å². The Balaban J connectivity index is 1.53. The lowest BCUT2D eigenvalue weighted by Crippen LogP contribution is -2.35. The van der Waals surface area contributed by atoms with Crippen LogP contribution in [0.4, 0.5) is 4.39 Å². The molecule has 0 radical (unpaired) electrons. The van der Waals surface area contributed by atoms with Gasteiger partial charge in [0.2, 0.25) is 0 Å². The molecule has 2 aliphatic rings. The fourth-order valence-electron chi connectivity index (χ4n) is 4.78. The van der Waals surface area contributed by atoms with Gasteiger partial charge in [0.05, 0.1) is 27.2 Å². The second-order valence-electron chi connectivity index (χ2n) is 9.76. The molecule has 2 aromatic carbocycles. The monoisotopic (exact) mass is 532 g/mol. The van der Waals surface area contributed by atoms with Gasteiger partial charge < -0.3 is 10.0 Å². The van der Waals surface area contributed by atoms with Crippen LogP contribution in [0.15, 0.2) is 48.7 Å². The minimum Gasteiger partial charge on any atom is -0.478 e. The van der Waals surface area contributed by atoms with Crippen molar-refractivity contribution in [3.8, 4) is 11.3 Å². The zero-order chi connectivity index (χ0) is 26.7. The number of amides is 1. The number of carboxylic acids is 1. The Morgan fingerprint density at radius 3 is 2.37 bits per heavy atom. The quantitative estimate of drug-likeness (QED) is 0.359. The molecule has 10 heteroatoms. The first-order valence-corrected chi connectivity index (χ1v) is 12.7. The summed E-state index contributed by atoms with van der Waals surface area (Å²) in [6, 6.07) is 10.5. The molecule has 0 bridgehead atoms. The van der Waals surface area contributed by atoms with Crippen LogP contribution in [-0.2, 0) is 0 Å². The Morgan fingerprint density at radius 1 is 1.05 bits per heavy atom. The Kier molecular flexibility index (Phi) is 5.75. The molecule has 2 heterocycles. The molecule has 4 aromatic rings. The Hall–Kier alpha value is -4.11. The van der Waals surface area contributed by atoms with Crippen LogP contribution >= 0.6 is 11.6 Å². The number of nitrogens with zero attached hydrogens (tertiary/aromatic N) is 4. The maximum absolute atomic E-state index is 15.1. The van der Waals surface area contributed by atoms with Crippen molar-refractivity contribution in [3.05, 3.63) is 81.8 Å². The summed E-state index contributed by atoms with van der Waals surface area (Å²) in [6.45, 7) is 1.74. The molecule has 0 unspecified atom stereocenters. The SMILES string of the molecule is Cc1cccc(Cl)c1C(=O)n1nc(-c2ccc(C(=O)O)cc2F)c2ncc(C(=O)N(C3CC3)C3CC3)cc21. The molecule has 8 nitrogen and oxygen atoms in total. The van der Waals surface area contributed by atoms with Crippen LogP contribution in [0.3, 0.4) is 0 Å². The van der Waals surface area contributed by atoms with Gasteiger partial charge in [-0.05, 0) is 68.5 Å². The first kappa shape index (κ1) is 24.2. The highest BCUT2D eigenvalue weighted by Gasteiger charge is 2.42. The summed E-state index contributed by atoms with van der Waals surface area (Å²) < 4.78 is 16.2. The predicted octanol–water partition coefficient (Wildman–Crippen LogP) is 5.35. The van der Waals surface area contributed by atoms with Crippen molar-refractivity contribution < 1.29 is 23.9 Å². The molecule has 2 aromatic heterocycles. The molecule has 2 aliphatic carbocycles. The molecule has 1 amide bonds. The third-order valence-electron chi connectivity index (χ3n) is 6.98. The summed E-state index contributed by atoms with van der Waals surface area (Å²) in [7, 11) is 0. The number of hydrogen-bond acceptors (Lipinski definition) is 5. The van der Waals surface area contributed by atoms with E-state index in [1.807, 2.05) is 4.90 Å². The molecule has 2 saturated carbocycles. The molecule has 38 heavy (non-hydrogen) atoms. The van der Waals surface area contributed by atoms with Gasteiger partial charge in [0, 0.05) is 23.8 Å². The zero-order valence-electron chi connectivity index (χ0n) is 20.3. The number of aryl methyl sites for hydroxylation is 1. The van der Waals surface area contributed by atoms with Gasteiger partial charge in [-0.1, -0.05) is 23.7 Å². The number of fused-ring (bicyclic) bond motifs is 1. The van der Waals surface area contributed by atoms with Crippen LogP contribution < -0.4 is 0 Å². The second kappa shape index (κ2) is 9.02. The number of pyridine rings is 1. The number of aromatic nitrogens is 3. The summed E-state index contributed by atoms with van der Waals surface area (Å²) in [5, 5.41) is 13.9. The molecule has 0 saturated heterocycles. The van der Waals surface area contributed by atoms with Gasteiger partial charge in [0.1, 0.15) is 17.0 Å². The van der Waals surface area contributed by atoms with Gasteiger partial charge in [0.15, 0.2) is 0 Å². The Bertz CT molecular complexity index is 1630. The van der Waals surface area contributed by atoms with Crippen LogP contribution in [0.5, 0.6) is 0 Å². The first-order valence-electron chi connectivity index (χ1n) is 12.3. The maximum atomic E-state index is 15.1. The lowest BCUT2D eigenvalue weighted by Gasteiger charge is -2.22. The van der Waals surface area contributed by atoms with Crippen LogP contribution in [0, 0.1) is 12.7 Å². The summed E-state index contributed by atoms with van der Waals surface area (Å²) in [5.41, 5.74) is 1.39. The topological polar surface area (TPSA) is 105 Å². The number of carbonyl (C=O) groups excluding carboxylic acids is 2. The molecule has 0 atom stereocenters. The summed E-state index contributed by atoms with van der Waals surface area (Å²) >= 11 is 6.37. The average Bonchev–Trinajstić information content (AvgIpc) is 3.83. The minimum absolute atomic E-state index is 0.0217. The van der Waals surface area contributed by atoms with E-state index in [9.17, 15) is 19.5 Å². The van der Waals surface area contributed by atoms with E-state index in [-0.39, 0.29) is 56.4 Å². The average molecular weight is 533 g/mol. The first-order chi connectivity index (χ1) is 18.2. The molecule has 2 fully saturated rings. The Labute approximate surface area is 221 Å². The summed E-state index contributed by atoms with van der Waals surface area (Å²) in [5.74, 6) is -2.81. The van der Waals surface area contributed by atoms with Gasteiger partial charge in [-0.15, -0.1) is 0 Å². The van der Waals surface area contributed by atoms with Crippen LogP contribution in [0.25, 0.3) is 22.3 Å². The number of aromatic carboxylic acids is 1. The van der Waals surface area contributed by atoms with Crippen molar-refractivity contribution in [1.29, 1.82) is 0 Å². The van der Waals surface area contributed by atoms with E-state index in [0.29, 0.717) is 11.1 Å². The zero-order valence-corrected chi connectivity index (χ0v) is 21.1. The van der Waals surface area contributed by atoms with Crippen molar-refractivity contribution in [2.75, 3.05) is 0 Å². The smallest absolute Gasteiger partial charge is 0.335 e.